The highest BCUT2D eigenvalue weighted by Crippen LogP contribution is 2.29. The minimum absolute atomic E-state index is 0.00504. The van der Waals surface area contributed by atoms with E-state index in [1.54, 1.807) is 13.0 Å². The van der Waals surface area contributed by atoms with E-state index < -0.39 is 23.6 Å². The molecule has 2 aromatic carbocycles. The summed E-state index contributed by atoms with van der Waals surface area (Å²) in [5.41, 5.74) is 2.26. The number of hydrogen-bond donors (Lipinski definition) is 2. The van der Waals surface area contributed by atoms with Crippen LogP contribution in [0.3, 0.4) is 0 Å². The third-order valence-electron chi connectivity index (χ3n) is 4.38. The number of carbonyl (C=O) groups is 2. The summed E-state index contributed by atoms with van der Waals surface area (Å²) >= 11 is 12.0. The molecule has 0 radical (unpaired) electrons. The lowest BCUT2D eigenvalue weighted by molar-refractivity contribution is -0.137. The number of aromatic nitrogens is 1. The van der Waals surface area contributed by atoms with Gasteiger partial charge in [0, 0.05) is 11.2 Å². The Bertz CT molecular complexity index is 1250. The van der Waals surface area contributed by atoms with E-state index in [9.17, 15) is 22.8 Å². The first-order valence-corrected chi connectivity index (χ1v) is 10.0. The molecule has 3 aromatic rings. The number of nitrogens with zero attached hydrogens (tertiary/aromatic N) is 2. The molecule has 0 aliphatic carbocycles. The average molecular weight is 495 g/mol. The minimum Gasteiger partial charge on any atom is -0.321 e. The molecule has 2 N–H and O–H groups in total. The maximum atomic E-state index is 12.8. The van der Waals surface area contributed by atoms with Crippen molar-refractivity contribution in [3.63, 3.8) is 0 Å². The van der Waals surface area contributed by atoms with Gasteiger partial charge in [0.15, 0.2) is 0 Å². The Morgan fingerprint density at radius 3 is 2.48 bits per heavy atom. The summed E-state index contributed by atoms with van der Waals surface area (Å²) in [7, 11) is 0. The number of halogens is 5. The number of hydrogen-bond acceptors (Lipinski definition) is 4. The van der Waals surface area contributed by atoms with Crippen LogP contribution in [0.1, 0.15) is 37.4 Å². The van der Waals surface area contributed by atoms with Crippen LogP contribution in [0.2, 0.25) is 10.2 Å². The van der Waals surface area contributed by atoms with Gasteiger partial charge < -0.3 is 5.32 Å². The van der Waals surface area contributed by atoms with Gasteiger partial charge in [-0.3, -0.25) is 9.59 Å². The third-order valence-corrected chi connectivity index (χ3v) is 4.90. The van der Waals surface area contributed by atoms with Crippen LogP contribution in [0.4, 0.5) is 18.9 Å². The van der Waals surface area contributed by atoms with Gasteiger partial charge in [0.1, 0.15) is 5.15 Å². The van der Waals surface area contributed by atoms with Crippen molar-refractivity contribution < 1.29 is 22.8 Å². The Hall–Kier alpha value is -3.43. The van der Waals surface area contributed by atoms with Crippen LogP contribution in [0, 0.1) is 6.92 Å². The maximum Gasteiger partial charge on any atom is 0.416 e. The molecule has 0 unspecified atom stereocenters. The monoisotopic (exact) mass is 494 g/mol. The number of benzene rings is 2. The number of aryl methyl sites for hydroxylation is 1. The van der Waals surface area contributed by atoms with Crippen LogP contribution in [0.5, 0.6) is 0 Å². The van der Waals surface area contributed by atoms with Crippen LogP contribution >= 0.6 is 23.2 Å². The largest absolute Gasteiger partial charge is 0.416 e. The van der Waals surface area contributed by atoms with Gasteiger partial charge in [-0.25, -0.2) is 10.4 Å². The van der Waals surface area contributed by atoms with Crippen LogP contribution < -0.4 is 10.7 Å². The zero-order valence-electron chi connectivity index (χ0n) is 16.9. The first-order valence-electron chi connectivity index (χ1n) is 9.29. The molecule has 0 fully saturated rings. The Balaban J connectivity index is 1.83. The first kappa shape index (κ1) is 24.2. The van der Waals surface area contributed by atoms with E-state index in [0.717, 1.165) is 18.3 Å². The van der Waals surface area contributed by atoms with E-state index >= 15 is 0 Å². The maximum absolute atomic E-state index is 12.8. The fourth-order valence-electron chi connectivity index (χ4n) is 2.85. The van der Waals surface area contributed by atoms with Crippen LogP contribution in [0.15, 0.2) is 59.8 Å². The molecule has 0 saturated carbocycles. The van der Waals surface area contributed by atoms with Crippen molar-refractivity contribution in [3.05, 3.63) is 92.7 Å². The number of anilines is 1. The molecule has 6 nitrogen and oxygen atoms in total. The molecular weight excluding hydrogens is 480 g/mol. The second-order valence-corrected chi connectivity index (χ2v) is 7.56. The second-order valence-electron chi connectivity index (χ2n) is 6.76. The highest BCUT2D eigenvalue weighted by Gasteiger charge is 2.30. The fourth-order valence-corrected chi connectivity index (χ4v) is 3.32. The van der Waals surface area contributed by atoms with E-state index in [4.69, 9.17) is 23.2 Å². The SMILES string of the molecule is Cc1cc(Cl)cc(C(=O)N/N=C\c2cccc(C(F)(F)F)c2)c1NC(=O)c1cccnc1Cl. The first-order chi connectivity index (χ1) is 15.6. The summed E-state index contributed by atoms with van der Waals surface area (Å²) in [4.78, 5) is 29.2. The van der Waals surface area contributed by atoms with Crippen LogP contribution in [0.25, 0.3) is 0 Å². The van der Waals surface area contributed by atoms with Gasteiger partial charge in [-0.1, -0.05) is 35.3 Å². The molecule has 33 heavy (non-hydrogen) atoms. The normalized spacial score (nSPS) is 11.5. The van der Waals surface area contributed by atoms with Crippen LogP contribution in [-0.4, -0.2) is 23.0 Å². The number of pyridine rings is 1. The molecule has 170 valence electrons. The van der Waals surface area contributed by atoms with E-state index in [0.29, 0.717) is 5.56 Å². The number of nitrogens with one attached hydrogen (secondary N) is 2. The fraction of sp³-hybridized carbons (Fsp3) is 0.0909. The highest BCUT2D eigenvalue weighted by atomic mass is 35.5. The van der Waals surface area contributed by atoms with Crippen molar-refractivity contribution in [2.75, 3.05) is 5.32 Å². The quantitative estimate of drug-likeness (QED) is 0.269. The van der Waals surface area contributed by atoms with Gasteiger partial charge >= 0.3 is 6.18 Å². The molecule has 1 heterocycles. The summed E-state index contributed by atoms with van der Waals surface area (Å²) in [6, 6.07) is 10.3. The van der Waals surface area contributed by atoms with E-state index in [1.807, 2.05) is 0 Å². The second kappa shape index (κ2) is 10.0. The van der Waals surface area contributed by atoms with E-state index in [2.05, 4.69) is 20.8 Å². The summed E-state index contributed by atoms with van der Waals surface area (Å²) in [5, 5.41) is 6.55. The highest BCUT2D eigenvalue weighted by molar-refractivity contribution is 6.33. The van der Waals surface area contributed by atoms with Crippen molar-refractivity contribution in [2.24, 2.45) is 5.10 Å². The standard InChI is InChI=1S/C22H15Cl2F3N4O2/c1-12-8-15(23)10-17(18(12)30-20(32)16-6-3-7-28-19(16)24)21(33)31-29-11-13-4-2-5-14(9-13)22(25,26)27/h2-11H,1H3,(H,30,32)(H,31,33)/b29-11-. The van der Waals surface area contributed by atoms with Gasteiger partial charge in [0.2, 0.25) is 0 Å². The Labute approximate surface area is 196 Å². The Morgan fingerprint density at radius 2 is 1.79 bits per heavy atom. The Morgan fingerprint density at radius 1 is 1.03 bits per heavy atom. The van der Waals surface area contributed by atoms with Gasteiger partial charge in [0.25, 0.3) is 11.8 Å². The zero-order chi connectivity index (χ0) is 24.2. The third kappa shape index (κ3) is 6.09. The van der Waals surface area contributed by atoms with Gasteiger partial charge in [-0.15, -0.1) is 0 Å². The molecule has 3 rings (SSSR count). The number of carbonyl (C=O) groups excluding carboxylic acids is 2. The van der Waals surface area contributed by atoms with Crippen molar-refractivity contribution in [3.8, 4) is 0 Å². The smallest absolute Gasteiger partial charge is 0.321 e. The van der Waals surface area contributed by atoms with Gasteiger partial charge in [-0.05, 0) is 54.4 Å². The van der Waals surface area contributed by atoms with Crippen molar-refractivity contribution in [2.45, 2.75) is 13.1 Å². The lowest BCUT2D eigenvalue weighted by Crippen LogP contribution is -2.22. The number of alkyl halides is 3. The van der Waals surface area contributed by atoms with Crippen molar-refractivity contribution in [1.29, 1.82) is 0 Å². The molecule has 0 bridgehead atoms. The molecule has 0 aliphatic heterocycles. The molecule has 0 aliphatic rings. The summed E-state index contributed by atoms with van der Waals surface area (Å²) in [5.74, 6) is -1.34. The van der Waals surface area contributed by atoms with Gasteiger partial charge in [-0.2, -0.15) is 18.3 Å². The molecule has 1 aromatic heterocycles. The topological polar surface area (TPSA) is 83.5 Å². The average Bonchev–Trinajstić information content (AvgIpc) is 2.75. The van der Waals surface area contributed by atoms with Crippen molar-refractivity contribution >= 4 is 46.9 Å². The van der Waals surface area contributed by atoms with E-state index in [-0.39, 0.29) is 32.6 Å². The van der Waals surface area contributed by atoms with Crippen LogP contribution in [-0.2, 0) is 6.18 Å². The molecule has 0 spiro atoms. The molecular formula is C22H15Cl2F3N4O2. The zero-order valence-corrected chi connectivity index (χ0v) is 18.4. The molecule has 0 saturated heterocycles. The molecule has 11 heteroatoms. The predicted molar refractivity (Wildman–Crippen MR) is 120 cm³/mol. The number of hydrazone groups is 1. The summed E-state index contributed by atoms with van der Waals surface area (Å²) in [6.45, 7) is 1.63. The minimum atomic E-state index is -4.50. The predicted octanol–water partition coefficient (Wildman–Crippen LogP) is 5.73. The Kier molecular flexibility index (Phi) is 7.35. The summed E-state index contributed by atoms with van der Waals surface area (Å²) in [6.07, 6.45) is -2.01. The number of rotatable bonds is 5. The molecule has 0 atom stereocenters. The molecule has 2 amide bonds. The van der Waals surface area contributed by atoms with Crippen molar-refractivity contribution in [1.82, 2.24) is 10.4 Å². The summed E-state index contributed by atoms with van der Waals surface area (Å²) < 4.78 is 38.5. The van der Waals surface area contributed by atoms with E-state index in [1.165, 1.54) is 36.5 Å². The van der Waals surface area contributed by atoms with Gasteiger partial charge in [0.05, 0.1) is 28.6 Å². The lowest BCUT2D eigenvalue weighted by atomic mass is 10.1. The number of amides is 2. The lowest BCUT2D eigenvalue weighted by Gasteiger charge is -2.14.